The molecule has 1 N–H and O–H groups in total. The first-order chi connectivity index (χ1) is 13.8. The Labute approximate surface area is 177 Å². The zero-order valence-electron chi connectivity index (χ0n) is 16.1. The lowest BCUT2D eigenvalue weighted by Crippen LogP contribution is -2.35. The van der Waals surface area contributed by atoms with E-state index in [1.807, 2.05) is 0 Å². The number of carboxylic acids is 1. The molecule has 154 valence electrons. The van der Waals surface area contributed by atoms with Crippen molar-refractivity contribution in [3.63, 3.8) is 0 Å². The molecule has 0 radical (unpaired) electrons. The quantitative estimate of drug-likeness (QED) is 0.450. The summed E-state index contributed by atoms with van der Waals surface area (Å²) in [4.78, 5) is 37.2. The number of carboxylic acid groups (broad SMARTS) is 1. The molecule has 29 heavy (non-hydrogen) atoms. The van der Waals surface area contributed by atoms with Crippen molar-refractivity contribution in [1.82, 2.24) is 0 Å². The number of esters is 1. The Kier molecular flexibility index (Phi) is 8.21. The molecule has 2 aromatic rings. The number of benzene rings is 2. The average molecular weight is 464 g/mol. The van der Waals surface area contributed by atoms with Crippen molar-refractivity contribution < 1.29 is 29.0 Å². The molecule has 8 heteroatoms. The topological polar surface area (TPSA) is 93.1 Å². The number of carbonyl (C=O) groups excluding carboxylic acids is 2. The van der Waals surface area contributed by atoms with Crippen molar-refractivity contribution in [3.05, 3.63) is 59.7 Å². The standard InChI is InChI=1S/C21H22BrNO6/c1-14(22)29-20(26)11-6-15-4-3-5-16(12-15)21(27)23(13-19(24)25)17-7-9-18(28-2)10-8-17/h3-5,7-10,12,14H,6,11,13H2,1-2H3,(H,24,25). The highest BCUT2D eigenvalue weighted by Crippen LogP contribution is 2.22. The Morgan fingerprint density at radius 1 is 1.14 bits per heavy atom. The summed E-state index contributed by atoms with van der Waals surface area (Å²) in [7, 11) is 1.52. The molecule has 0 spiro atoms. The van der Waals surface area contributed by atoms with Crippen LogP contribution in [0, 0.1) is 0 Å². The van der Waals surface area contributed by atoms with Crippen LogP contribution in [0.3, 0.4) is 0 Å². The third-order valence-electron chi connectivity index (χ3n) is 4.01. The lowest BCUT2D eigenvalue weighted by Gasteiger charge is -2.21. The number of aryl methyl sites for hydroxylation is 1. The first kappa shape index (κ1) is 22.4. The van der Waals surface area contributed by atoms with E-state index >= 15 is 0 Å². The molecular formula is C21H22BrNO6. The number of hydrogen-bond acceptors (Lipinski definition) is 5. The van der Waals surface area contributed by atoms with Gasteiger partial charge in [-0.25, -0.2) is 0 Å². The third kappa shape index (κ3) is 6.90. The predicted molar refractivity (Wildman–Crippen MR) is 112 cm³/mol. The summed E-state index contributed by atoms with van der Waals surface area (Å²) in [5.41, 5.74) is 1.56. The normalized spacial score (nSPS) is 11.4. The number of carbonyl (C=O) groups is 3. The smallest absolute Gasteiger partial charge is 0.323 e. The van der Waals surface area contributed by atoms with Crippen molar-refractivity contribution in [1.29, 1.82) is 0 Å². The third-order valence-corrected chi connectivity index (χ3v) is 4.20. The molecule has 0 fully saturated rings. The largest absolute Gasteiger partial charge is 0.497 e. The molecule has 1 unspecified atom stereocenters. The molecule has 0 saturated carbocycles. The number of methoxy groups -OCH3 is 1. The number of aliphatic carboxylic acids is 1. The molecule has 7 nitrogen and oxygen atoms in total. The van der Waals surface area contributed by atoms with E-state index in [-0.39, 0.29) is 17.4 Å². The van der Waals surface area contributed by atoms with Crippen LogP contribution in [-0.4, -0.2) is 41.6 Å². The number of amides is 1. The molecular weight excluding hydrogens is 442 g/mol. The maximum Gasteiger partial charge on any atom is 0.323 e. The van der Waals surface area contributed by atoms with Crippen molar-refractivity contribution in [2.24, 2.45) is 0 Å². The molecule has 1 amide bonds. The molecule has 0 aliphatic carbocycles. The van der Waals surface area contributed by atoms with Gasteiger partial charge in [0.2, 0.25) is 0 Å². The molecule has 0 heterocycles. The van der Waals surface area contributed by atoms with Crippen LogP contribution < -0.4 is 9.64 Å². The maximum atomic E-state index is 13.0. The van der Waals surface area contributed by atoms with Gasteiger partial charge < -0.3 is 14.6 Å². The van der Waals surface area contributed by atoms with Gasteiger partial charge in [-0.15, -0.1) is 0 Å². The van der Waals surface area contributed by atoms with Gasteiger partial charge in [0.15, 0.2) is 5.01 Å². The second-order valence-electron chi connectivity index (χ2n) is 6.22. The Bertz CT molecular complexity index is 866. The molecule has 2 rings (SSSR count). The van der Waals surface area contributed by atoms with Gasteiger partial charge in [0.25, 0.3) is 5.91 Å². The number of alkyl halides is 1. The van der Waals surface area contributed by atoms with Crippen LogP contribution in [0.15, 0.2) is 48.5 Å². The fourth-order valence-electron chi connectivity index (χ4n) is 2.68. The van der Waals surface area contributed by atoms with E-state index in [4.69, 9.17) is 9.47 Å². The van der Waals surface area contributed by atoms with E-state index in [1.165, 1.54) is 12.0 Å². The van der Waals surface area contributed by atoms with Gasteiger partial charge in [-0.05, 0) is 71.2 Å². The molecule has 0 aliphatic rings. The Hall–Kier alpha value is -2.87. The second-order valence-corrected chi connectivity index (χ2v) is 7.51. The highest BCUT2D eigenvalue weighted by atomic mass is 79.9. The van der Waals surface area contributed by atoms with Crippen molar-refractivity contribution in [2.75, 3.05) is 18.6 Å². The number of nitrogens with zero attached hydrogens (tertiary/aromatic N) is 1. The summed E-state index contributed by atoms with van der Waals surface area (Å²) in [6, 6.07) is 13.3. The molecule has 0 bridgehead atoms. The first-order valence-electron chi connectivity index (χ1n) is 8.90. The van der Waals surface area contributed by atoms with E-state index in [0.29, 0.717) is 23.4 Å². The summed E-state index contributed by atoms with van der Waals surface area (Å²) in [6.07, 6.45) is 0.575. The van der Waals surface area contributed by atoms with Gasteiger partial charge in [0, 0.05) is 17.7 Å². The van der Waals surface area contributed by atoms with Gasteiger partial charge in [0.05, 0.1) is 7.11 Å². The summed E-state index contributed by atoms with van der Waals surface area (Å²) >= 11 is 3.15. The summed E-state index contributed by atoms with van der Waals surface area (Å²) < 4.78 is 10.1. The maximum absolute atomic E-state index is 13.0. The van der Waals surface area contributed by atoms with Crippen molar-refractivity contribution in [3.8, 4) is 5.75 Å². The monoisotopic (exact) mass is 463 g/mol. The second kappa shape index (κ2) is 10.6. The SMILES string of the molecule is COc1ccc(N(CC(=O)O)C(=O)c2cccc(CCC(=O)OC(C)Br)c2)cc1. The minimum Gasteiger partial charge on any atom is -0.497 e. The number of hydrogen-bond donors (Lipinski definition) is 1. The van der Waals surface area contributed by atoms with Crippen LogP contribution in [-0.2, 0) is 20.7 Å². The van der Waals surface area contributed by atoms with Crippen LogP contribution in [0.2, 0.25) is 0 Å². The highest BCUT2D eigenvalue weighted by molar-refractivity contribution is 9.09. The zero-order valence-corrected chi connectivity index (χ0v) is 17.7. The lowest BCUT2D eigenvalue weighted by atomic mass is 10.1. The Morgan fingerprint density at radius 2 is 1.83 bits per heavy atom. The number of rotatable bonds is 9. The van der Waals surface area contributed by atoms with Crippen LogP contribution in [0.4, 0.5) is 5.69 Å². The molecule has 0 aliphatic heterocycles. The number of halogens is 1. The molecule has 1 atom stereocenters. The Morgan fingerprint density at radius 3 is 2.41 bits per heavy atom. The minimum atomic E-state index is -1.13. The molecule has 0 aromatic heterocycles. The summed E-state index contributed by atoms with van der Waals surface area (Å²) in [6.45, 7) is 1.22. The van der Waals surface area contributed by atoms with E-state index in [1.54, 1.807) is 55.5 Å². The van der Waals surface area contributed by atoms with Crippen LogP contribution in [0.1, 0.15) is 29.3 Å². The number of anilines is 1. The first-order valence-corrected chi connectivity index (χ1v) is 9.82. The van der Waals surface area contributed by atoms with Crippen molar-refractivity contribution >= 4 is 39.5 Å². The van der Waals surface area contributed by atoms with Gasteiger partial charge in [-0.1, -0.05) is 12.1 Å². The van der Waals surface area contributed by atoms with Crippen LogP contribution in [0.25, 0.3) is 0 Å². The Balaban J connectivity index is 2.19. The minimum absolute atomic E-state index is 0.172. The van der Waals surface area contributed by atoms with E-state index in [2.05, 4.69) is 15.9 Å². The van der Waals surface area contributed by atoms with Crippen molar-refractivity contribution in [2.45, 2.75) is 24.8 Å². The zero-order chi connectivity index (χ0) is 21.4. The van der Waals surface area contributed by atoms with Crippen LogP contribution >= 0.6 is 15.9 Å². The fraction of sp³-hybridized carbons (Fsp3) is 0.286. The van der Waals surface area contributed by atoms with Gasteiger partial charge in [0.1, 0.15) is 12.3 Å². The van der Waals surface area contributed by atoms with E-state index in [0.717, 1.165) is 5.56 Å². The molecule has 0 saturated heterocycles. The highest BCUT2D eigenvalue weighted by Gasteiger charge is 2.21. The van der Waals surface area contributed by atoms with E-state index in [9.17, 15) is 19.5 Å². The fourth-order valence-corrected chi connectivity index (χ4v) is 2.89. The van der Waals surface area contributed by atoms with E-state index < -0.39 is 18.4 Å². The van der Waals surface area contributed by atoms with Crippen LogP contribution in [0.5, 0.6) is 5.75 Å². The van der Waals surface area contributed by atoms with Gasteiger partial charge in [-0.3, -0.25) is 19.3 Å². The molecule has 2 aromatic carbocycles. The van der Waals surface area contributed by atoms with Gasteiger partial charge in [-0.2, -0.15) is 0 Å². The lowest BCUT2D eigenvalue weighted by molar-refractivity contribution is -0.144. The van der Waals surface area contributed by atoms with Gasteiger partial charge >= 0.3 is 11.9 Å². The average Bonchev–Trinajstić information content (AvgIpc) is 2.69. The summed E-state index contributed by atoms with van der Waals surface area (Å²) in [5.74, 6) is -1.33. The summed E-state index contributed by atoms with van der Waals surface area (Å²) in [5, 5.41) is 8.88. The predicted octanol–water partition coefficient (Wildman–Crippen LogP) is 3.64. The number of ether oxygens (including phenoxy) is 2.